The number of hydrogen-bond acceptors (Lipinski definition) is 6. The number of ether oxygens (including phenoxy) is 1. The van der Waals surface area contributed by atoms with Crippen LogP contribution >= 0.6 is 11.6 Å². The molecule has 0 radical (unpaired) electrons. The van der Waals surface area contributed by atoms with Gasteiger partial charge in [0.05, 0.1) is 16.6 Å². The molecule has 144 valence electrons. The summed E-state index contributed by atoms with van der Waals surface area (Å²) in [5.74, 6) is -0.551. The Hall–Kier alpha value is -2.23. The largest absolute Gasteiger partial charge is 0.370 e. The van der Waals surface area contributed by atoms with Gasteiger partial charge < -0.3 is 9.64 Å². The predicted octanol–water partition coefficient (Wildman–Crippen LogP) is 3.37. The highest BCUT2D eigenvalue weighted by Gasteiger charge is 2.32. The van der Waals surface area contributed by atoms with Gasteiger partial charge in [-0.25, -0.2) is 12.8 Å². The van der Waals surface area contributed by atoms with Crippen LogP contribution in [0, 0.1) is 15.9 Å². The highest BCUT2D eigenvalue weighted by Crippen LogP contribution is 2.37. The summed E-state index contributed by atoms with van der Waals surface area (Å²) in [6.07, 6.45) is 0.445. The van der Waals surface area contributed by atoms with Gasteiger partial charge in [0.1, 0.15) is 22.5 Å². The van der Waals surface area contributed by atoms with Gasteiger partial charge in [0.2, 0.25) is 0 Å². The Morgan fingerprint density at radius 2 is 2.07 bits per heavy atom. The fraction of sp³-hybridized carbons (Fsp3) is 0.294. The summed E-state index contributed by atoms with van der Waals surface area (Å²) >= 11 is 5.82. The Morgan fingerprint density at radius 3 is 2.70 bits per heavy atom. The van der Waals surface area contributed by atoms with Crippen LogP contribution in [0.1, 0.15) is 11.7 Å². The van der Waals surface area contributed by atoms with Gasteiger partial charge in [0, 0.05) is 19.3 Å². The van der Waals surface area contributed by atoms with Crippen LogP contribution in [0.5, 0.6) is 0 Å². The molecule has 0 bridgehead atoms. The highest BCUT2D eigenvalue weighted by molar-refractivity contribution is 7.90. The number of nitro groups is 1. The molecule has 3 rings (SSSR count). The molecule has 2 aromatic rings. The van der Waals surface area contributed by atoms with Gasteiger partial charge in [-0.05, 0) is 29.8 Å². The van der Waals surface area contributed by atoms with Crippen LogP contribution in [0.15, 0.2) is 41.3 Å². The molecule has 0 aromatic heterocycles. The smallest absolute Gasteiger partial charge is 0.311 e. The molecule has 27 heavy (non-hydrogen) atoms. The van der Waals surface area contributed by atoms with E-state index < -0.39 is 32.4 Å². The monoisotopic (exact) mass is 414 g/mol. The molecule has 1 aliphatic heterocycles. The average molecular weight is 415 g/mol. The Kier molecular flexibility index (Phi) is 5.36. The van der Waals surface area contributed by atoms with Crippen molar-refractivity contribution in [2.75, 3.05) is 30.9 Å². The van der Waals surface area contributed by atoms with Gasteiger partial charge in [-0.1, -0.05) is 23.7 Å². The first-order valence-corrected chi connectivity index (χ1v) is 10.2. The van der Waals surface area contributed by atoms with Crippen LogP contribution in [0.2, 0.25) is 5.02 Å². The third-order valence-electron chi connectivity index (χ3n) is 4.28. The first-order valence-electron chi connectivity index (χ1n) is 7.97. The molecule has 1 unspecified atom stereocenters. The lowest BCUT2D eigenvalue weighted by Crippen LogP contribution is -2.38. The van der Waals surface area contributed by atoms with E-state index in [1.807, 2.05) is 0 Å². The van der Waals surface area contributed by atoms with E-state index >= 15 is 0 Å². The average Bonchev–Trinajstić information content (AvgIpc) is 2.62. The van der Waals surface area contributed by atoms with E-state index in [0.717, 1.165) is 6.26 Å². The van der Waals surface area contributed by atoms with E-state index in [0.29, 0.717) is 12.1 Å². The molecule has 0 aliphatic carbocycles. The third-order valence-corrected chi connectivity index (χ3v) is 5.70. The van der Waals surface area contributed by atoms with E-state index in [4.69, 9.17) is 16.3 Å². The van der Waals surface area contributed by atoms with E-state index in [2.05, 4.69) is 0 Å². The van der Waals surface area contributed by atoms with Crippen molar-refractivity contribution in [2.24, 2.45) is 0 Å². The van der Waals surface area contributed by atoms with Gasteiger partial charge in [-0.3, -0.25) is 10.1 Å². The van der Waals surface area contributed by atoms with Gasteiger partial charge in [-0.2, -0.15) is 0 Å². The summed E-state index contributed by atoms with van der Waals surface area (Å²) in [6.45, 7) is 0.843. The Morgan fingerprint density at radius 1 is 1.33 bits per heavy atom. The first-order chi connectivity index (χ1) is 12.7. The second-order valence-corrected chi connectivity index (χ2v) is 8.52. The van der Waals surface area contributed by atoms with E-state index in [1.165, 1.54) is 36.4 Å². The third kappa shape index (κ3) is 4.05. The predicted molar refractivity (Wildman–Crippen MR) is 98.5 cm³/mol. The van der Waals surface area contributed by atoms with Crippen LogP contribution < -0.4 is 4.90 Å². The van der Waals surface area contributed by atoms with Crippen LogP contribution in [-0.2, 0) is 14.6 Å². The summed E-state index contributed by atoms with van der Waals surface area (Å²) in [6, 6.07) is 8.41. The summed E-state index contributed by atoms with van der Waals surface area (Å²) in [5, 5.41) is 11.5. The molecule has 1 fully saturated rings. The van der Waals surface area contributed by atoms with Crippen molar-refractivity contribution in [3.05, 3.63) is 62.9 Å². The Balaban J connectivity index is 1.99. The normalized spacial score (nSPS) is 17.7. The lowest BCUT2D eigenvalue weighted by Gasteiger charge is -2.34. The quantitative estimate of drug-likeness (QED) is 0.562. The van der Waals surface area contributed by atoms with Crippen molar-refractivity contribution in [1.82, 2.24) is 0 Å². The molecule has 0 N–H and O–H groups in total. The van der Waals surface area contributed by atoms with Crippen molar-refractivity contribution >= 4 is 32.8 Å². The SMILES string of the molecule is CS(=O)(=O)c1cccc(N2CCOC(c3ccc(F)c(Cl)c3)C2)c1[N+](=O)[O-]. The Bertz CT molecular complexity index is 999. The summed E-state index contributed by atoms with van der Waals surface area (Å²) in [7, 11) is -3.77. The lowest BCUT2D eigenvalue weighted by atomic mass is 10.1. The van der Waals surface area contributed by atoms with Gasteiger partial charge >= 0.3 is 5.69 Å². The van der Waals surface area contributed by atoms with E-state index in [-0.39, 0.29) is 28.8 Å². The number of sulfone groups is 1. The maximum absolute atomic E-state index is 13.4. The van der Waals surface area contributed by atoms with E-state index in [9.17, 15) is 22.9 Å². The number of anilines is 1. The number of benzene rings is 2. The standard InChI is InChI=1S/C17H16ClFN2O5S/c1-27(24,25)16-4-2-3-14(17(16)21(22)23)20-7-8-26-15(10-20)11-5-6-13(19)12(18)9-11/h2-6,9,15H,7-8,10H2,1H3. The van der Waals surface area contributed by atoms with Crippen molar-refractivity contribution in [1.29, 1.82) is 0 Å². The second-order valence-electron chi connectivity index (χ2n) is 6.13. The molecule has 1 aliphatic rings. The molecule has 1 saturated heterocycles. The van der Waals surface area contributed by atoms with Crippen molar-refractivity contribution in [3.63, 3.8) is 0 Å². The number of hydrogen-bond donors (Lipinski definition) is 0. The molecule has 7 nitrogen and oxygen atoms in total. The fourth-order valence-electron chi connectivity index (χ4n) is 3.03. The fourth-order valence-corrected chi connectivity index (χ4v) is 4.08. The molecule has 0 saturated carbocycles. The van der Waals surface area contributed by atoms with Crippen LogP contribution in [0.4, 0.5) is 15.8 Å². The lowest BCUT2D eigenvalue weighted by molar-refractivity contribution is -0.387. The first kappa shape index (κ1) is 19.5. The topological polar surface area (TPSA) is 89.8 Å². The number of nitro benzene ring substituents is 1. The zero-order valence-electron chi connectivity index (χ0n) is 14.3. The van der Waals surface area contributed by atoms with Crippen LogP contribution in [0.25, 0.3) is 0 Å². The van der Waals surface area contributed by atoms with Crippen molar-refractivity contribution in [2.45, 2.75) is 11.0 Å². The Labute approximate surface area is 160 Å². The summed E-state index contributed by atoms with van der Waals surface area (Å²) < 4.78 is 43.0. The molecule has 0 amide bonds. The zero-order valence-corrected chi connectivity index (χ0v) is 15.8. The molecule has 1 heterocycles. The molecule has 2 aromatic carbocycles. The molecular weight excluding hydrogens is 399 g/mol. The minimum absolute atomic E-state index is 0.0433. The minimum atomic E-state index is -3.77. The number of morpholine rings is 1. The van der Waals surface area contributed by atoms with Gasteiger partial charge in [0.25, 0.3) is 0 Å². The zero-order chi connectivity index (χ0) is 19.8. The second kappa shape index (κ2) is 7.41. The minimum Gasteiger partial charge on any atom is -0.370 e. The summed E-state index contributed by atoms with van der Waals surface area (Å²) in [4.78, 5) is 12.3. The van der Waals surface area contributed by atoms with Gasteiger partial charge in [0.15, 0.2) is 9.84 Å². The maximum Gasteiger partial charge on any atom is 0.311 e. The molecule has 1 atom stereocenters. The maximum atomic E-state index is 13.4. The summed E-state index contributed by atoms with van der Waals surface area (Å²) in [5.41, 5.74) is 0.371. The molecule has 10 heteroatoms. The number of halogens is 2. The van der Waals surface area contributed by atoms with Gasteiger partial charge in [-0.15, -0.1) is 0 Å². The molecular formula is C17H16ClFN2O5S. The number of rotatable bonds is 4. The van der Waals surface area contributed by atoms with Crippen LogP contribution in [0.3, 0.4) is 0 Å². The van der Waals surface area contributed by atoms with Crippen LogP contribution in [-0.4, -0.2) is 39.3 Å². The highest BCUT2D eigenvalue weighted by atomic mass is 35.5. The van der Waals surface area contributed by atoms with E-state index in [1.54, 1.807) is 4.90 Å². The van der Waals surface area contributed by atoms with Crippen molar-refractivity contribution in [3.8, 4) is 0 Å². The number of para-hydroxylation sites is 1. The van der Waals surface area contributed by atoms with Crippen molar-refractivity contribution < 1.29 is 22.5 Å². The number of nitrogens with zero attached hydrogens (tertiary/aromatic N) is 2. The molecule has 0 spiro atoms.